The highest BCUT2D eigenvalue weighted by Gasteiger charge is 2.22. The Morgan fingerprint density at radius 2 is 2.00 bits per heavy atom. The number of likely N-dealkylation sites (N-methyl/N-ethyl adjacent to an activating group) is 1. The molecule has 2 amide bonds. The third kappa shape index (κ3) is 4.80. The lowest BCUT2D eigenvalue weighted by Crippen LogP contribution is -2.51. The Bertz CT molecular complexity index is 719. The van der Waals surface area contributed by atoms with E-state index in [-0.39, 0.29) is 25.0 Å². The summed E-state index contributed by atoms with van der Waals surface area (Å²) in [6.45, 7) is 5.88. The fourth-order valence-corrected chi connectivity index (χ4v) is 3.01. The number of nitrogens with one attached hydrogen (secondary N) is 2. The van der Waals surface area contributed by atoms with E-state index in [4.69, 9.17) is 4.74 Å². The first-order valence-corrected chi connectivity index (χ1v) is 8.94. The molecule has 1 aromatic carbocycles. The predicted molar refractivity (Wildman–Crippen MR) is 97.5 cm³/mol. The number of aromatic nitrogens is 2. The number of carbonyl (C=O) groups excluding carboxylic acids is 2. The summed E-state index contributed by atoms with van der Waals surface area (Å²) in [6, 6.07) is 7.76. The van der Waals surface area contributed by atoms with Crippen LogP contribution in [0.15, 0.2) is 24.3 Å². The summed E-state index contributed by atoms with van der Waals surface area (Å²) in [6.07, 6.45) is 0. The van der Waals surface area contributed by atoms with Gasteiger partial charge in [0, 0.05) is 32.7 Å². The van der Waals surface area contributed by atoms with Gasteiger partial charge in [-0.1, -0.05) is 12.1 Å². The standard InChI is InChI=1S/C18H25N5O3/c1-2-19-17(24)11-22-7-9-23(10-8-22)18(25)13-26-12-16-20-14-5-3-4-6-15(14)21-16/h3-6H,2,7-13H2,1H3,(H,19,24)(H,20,21). The van der Waals surface area contributed by atoms with Gasteiger partial charge in [0.1, 0.15) is 19.0 Å². The van der Waals surface area contributed by atoms with Crippen molar-refractivity contribution in [3.05, 3.63) is 30.1 Å². The maximum absolute atomic E-state index is 12.3. The molecule has 0 atom stereocenters. The van der Waals surface area contributed by atoms with Crippen LogP contribution in [0.1, 0.15) is 12.7 Å². The lowest BCUT2D eigenvalue weighted by atomic mass is 10.3. The van der Waals surface area contributed by atoms with Crippen LogP contribution in [0, 0.1) is 0 Å². The van der Waals surface area contributed by atoms with Crippen LogP contribution in [-0.2, 0) is 20.9 Å². The molecule has 8 nitrogen and oxygen atoms in total. The first-order chi connectivity index (χ1) is 12.7. The molecular formula is C18H25N5O3. The second-order valence-electron chi connectivity index (χ2n) is 6.30. The third-order valence-corrected chi connectivity index (χ3v) is 4.37. The van der Waals surface area contributed by atoms with Gasteiger partial charge in [-0.3, -0.25) is 14.5 Å². The average Bonchev–Trinajstić information content (AvgIpc) is 3.05. The van der Waals surface area contributed by atoms with Crippen LogP contribution in [0.5, 0.6) is 0 Å². The second kappa shape index (κ2) is 8.77. The Morgan fingerprint density at radius 1 is 1.23 bits per heavy atom. The van der Waals surface area contributed by atoms with Crippen LogP contribution in [0.2, 0.25) is 0 Å². The number of nitrogens with zero attached hydrogens (tertiary/aromatic N) is 3. The van der Waals surface area contributed by atoms with Crippen LogP contribution in [0.4, 0.5) is 0 Å². The van der Waals surface area contributed by atoms with Gasteiger partial charge in [-0.15, -0.1) is 0 Å². The van der Waals surface area contributed by atoms with E-state index in [0.717, 1.165) is 11.0 Å². The number of piperazine rings is 1. The molecule has 2 N–H and O–H groups in total. The van der Waals surface area contributed by atoms with E-state index in [2.05, 4.69) is 20.2 Å². The molecule has 8 heteroatoms. The van der Waals surface area contributed by atoms with Gasteiger partial charge in [-0.05, 0) is 19.1 Å². The number of para-hydroxylation sites is 2. The molecule has 0 aliphatic carbocycles. The Kier molecular flexibility index (Phi) is 6.19. The molecule has 2 heterocycles. The van der Waals surface area contributed by atoms with Gasteiger partial charge < -0.3 is 19.9 Å². The summed E-state index contributed by atoms with van der Waals surface area (Å²) >= 11 is 0. The topological polar surface area (TPSA) is 90.6 Å². The number of H-pyrrole nitrogens is 1. The van der Waals surface area contributed by atoms with Gasteiger partial charge in [0.25, 0.3) is 0 Å². The second-order valence-corrected chi connectivity index (χ2v) is 6.30. The molecule has 140 valence electrons. The molecule has 1 aromatic heterocycles. The smallest absolute Gasteiger partial charge is 0.248 e. The number of aromatic amines is 1. The summed E-state index contributed by atoms with van der Waals surface area (Å²) in [7, 11) is 0. The maximum atomic E-state index is 12.3. The fourth-order valence-electron chi connectivity index (χ4n) is 3.01. The SMILES string of the molecule is CCNC(=O)CN1CCN(C(=O)COCc2nc3ccccc3[nH]2)CC1. The molecule has 0 spiro atoms. The Labute approximate surface area is 152 Å². The largest absolute Gasteiger partial charge is 0.364 e. The number of carbonyl (C=O) groups is 2. The van der Waals surface area contributed by atoms with Crippen molar-refractivity contribution in [2.45, 2.75) is 13.5 Å². The molecule has 1 fully saturated rings. The lowest BCUT2D eigenvalue weighted by molar-refractivity contribution is -0.138. The number of hydrogen-bond acceptors (Lipinski definition) is 5. The van der Waals surface area contributed by atoms with Gasteiger partial charge in [-0.25, -0.2) is 4.98 Å². The first kappa shape index (κ1) is 18.3. The summed E-state index contributed by atoms with van der Waals surface area (Å²) in [5.74, 6) is 0.714. The van der Waals surface area contributed by atoms with Crippen molar-refractivity contribution in [2.24, 2.45) is 0 Å². The quantitative estimate of drug-likeness (QED) is 0.745. The third-order valence-electron chi connectivity index (χ3n) is 4.37. The number of hydrogen-bond donors (Lipinski definition) is 2. The molecule has 0 unspecified atom stereocenters. The minimum Gasteiger partial charge on any atom is -0.364 e. The number of benzene rings is 1. The molecular weight excluding hydrogens is 334 g/mol. The van der Waals surface area contributed by atoms with Crippen LogP contribution >= 0.6 is 0 Å². The van der Waals surface area contributed by atoms with Crippen molar-refractivity contribution in [3.8, 4) is 0 Å². The highest BCUT2D eigenvalue weighted by molar-refractivity contribution is 5.79. The van der Waals surface area contributed by atoms with Gasteiger partial charge in [-0.2, -0.15) is 0 Å². The Balaban J connectivity index is 1.38. The number of rotatable bonds is 7. The van der Waals surface area contributed by atoms with Gasteiger partial charge >= 0.3 is 0 Å². The molecule has 0 saturated carbocycles. The first-order valence-electron chi connectivity index (χ1n) is 8.94. The van der Waals surface area contributed by atoms with Gasteiger partial charge in [0.15, 0.2) is 0 Å². The van der Waals surface area contributed by atoms with Crippen molar-refractivity contribution < 1.29 is 14.3 Å². The molecule has 1 aliphatic rings. The molecule has 0 bridgehead atoms. The highest BCUT2D eigenvalue weighted by Crippen LogP contribution is 2.11. The Morgan fingerprint density at radius 3 is 2.73 bits per heavy atom. The average molecular weight is 359 g/mol. The maximum Gasteiger partial charge on any atom is 0.248 e. The van der Waals surface area contributed by atoms with Crippen LogP contribution in [0.25, 0.3) is 11.0 Å². The number of ether oxygens (including phenoxy) is 1. The summed E-state index contributed by atoms with van der Waals surface area (Å²) < 4.78 is 5.52. The van der Waals surface area contributed by atoms with E-state index < -0.39 is 0 Å². The van der Waals surface area contributed by atoms with E-state index in [0.29, 0.717) is 45.1 Å². The number of imidazole rings is 1. The summed E-state index contributed by atoms with van der Waals surface area (Å²) in [5, 5.41) is 2.79. The van der Waals surface area contributed by atoms with Crippen LogP contribution < -0.4 is 5.32 Å². The van der Waals surface area contributed by atoms with Gasteiger partial charge in [0.05, 0.1) is 17.6 Å². The van der Waals surface area contributed by atoms with E-state index in [1.165, 1.54) is 0 Å². The minimum absolute atomic E-state index is 0.0289. The van der Waals surface area contributed by atoms with E-state index >= 15 is 0 Å². The Hall–Kier alpha value is -2.45. The van der Waals surface area contributed by atoms with Crippen molar-refractivity contribution in [3.63, 3.8) is 0 Å². The van der Waals surface area contributed by atoms with E-state index in [1.54, 1.807) is 4.90 Å². The van der Waals surface area contributed by atoms with E-state index in [1.807, 2.05) is 31.2 Å². The molecule has 1 saturated heterocycles. The summed E-state index contributed by atoms with van der Waals surface area (Å²) in [5.41, 5.74) is 1.85. The van der Waals surface area contributed by atoms with Crippen molar-refractivity contribution in [1.29, 1.82) is 0 Å². The normalized spacial score (nSPS) is 15.3. The summed E-state index contributed by atoms with van der Waals surface area (Å²) in [4.78, 5) is 35.3. The minimum atomic E-state index is -0.0289. The fraction of sp³-hybridized carbons (Fsp3) is 0.500. The molecule has 0 radical (unpaired) electrons. The van der Waals surface area contributed by atoms with Crippen molar-refractivity contribution in [1.82, 2.24) is 25.1 Å². The number of amides is 2. The zero-order valence-electron chi connectivity index (χ0n) is 15.0. The van der Waals surface area contributed by atoms with Gasteiger partial charge in [0.2, 0.25) is 11.8 Å². The number of fused-ring (bicyclic) bond motifs is 1. The molecule has 26 heavy (non-hydrogen) atoms. The zero-order chi connectivity index (χ0) is 18.4. The van der Waals surface area contributed by atoms with Crippen molar-refractivity contribution in [2.75, 3.05) is 45.9 Å². The predicted octanol–water partition coefficient (Wildman–Crippen LogP) is 0.360. The van der Waals surface area contributed by atoms with Crippen LogP contribution in [-0.4, -0.2) is 77.5 Å². The zero-order valence-corrected chi connectivity index (χ0v) is 15.0. The molecule has 3 rings (SSSR count). The molecule has 2 aromatic rings. The highest BCUT2D eigenvalue weighted by atomic mass is 16.5. The van der Waals surface area contributed by atoms with Crippen molar-refractivity contribution >= 4 is 22.8 Å². The molecule has 1 aliphatic heterocycles. The monoisotopic (exact) mass is 359 g/mol. The van der Waals surface area contributed by atoms with Crippen LogP contribution in [0.3, 0.4) is 0 Å². The van der Waals surface area contributed by atoms with E-state index in [9.17, 15) is 9.59 Å². The lowest BCUT2D eigenvalue weighted by Gasteiger charge is -2.34.